The molecule has 2 aromatic carbocycles. The van der Waals surface area contributed by atoms with Gasteiger partial charge in [0.25, 0.3) is 0 Å². The molecule has 5 N–H and O–H groups in total. The molecular weight excluding hydrogens is 391 g/mol. The number of aliphatic hydroxyl groups excluding tert-OH is 4. The summed E-state index contributed by atoms with van der Waals surface area (Å²) >= 11 is 0. The Hall–Kier alpha value is -2.80. The standard InChI is InChI=1S/C22H21FN2O5/c1-11-6-15(23)3-4-16(11)13-7-12(19-14(8-13)9-24-25-19)2-5-17-20(27)22(29)21(28)18(10-26)30-17/h3-4,6-9,17-18,20-22,26-29H,10H2,1H3,(H,24,25)/t17-,18-,20-,21-,22-/m1/s1. The molecule has 1 aromatic heterocycles. The number of aliphatic hydroxyl groups is 4. The number of H-pyrrole nitrogens is 1. The van der Waals surface area contributed by atoms with Gasteiger partial charge in [0.15, 0.2) is 0 Å². The summed E-state index contributed by atoms with van der Waals surface area (Å²) in [5.41, 5.74) is 3.68. The third-order valence-electron chi connectivity index (χ3n) is 5.29. The Kier molecular flexibility index (Phi) is 5.56. The Labute approximate surface area is 171 Å². The first-order chi connectivity index (χ1) is 14.4. The number of aromatic nitrogens is 2. The van der Waals surface area contributed by atoms with Crippen LogP contribution in [0.4, 0.5) is 4.39 Å². The number of hydrogen-bond donors (Lipinski definition) is 5. The molecule has 8 heteroatoms. The zero-order valence-electron chi connectivity index (χ0n) is 16.1. The molecule has 0 aliphatic carbocycles. The fourth-order valence-electron chi connectivity index (χ4n) is 3.63. The number of benzene rings is 2. The number of rotatable bonds is 2. The predicted molar refractivity (Wildman–Crippen MR) is 107 cm³/mol. The van der Waals surface area contributed by atoms with Gasteiger partial charge in [0, 0.05) is 5.39 Å². The van der Waals surface area contributed by atoms with E-state index in [9.17, 15) is 24.8 Å². The highest BCUT2D eigenvalue weighted by atomic mass is 19.1. The van der Waals surface area contributed by atoms with E-state index in [1.807, 2.05) is 19.1 Å². The monoisotopic (exact) mass is 412 g/mol. The highest BCUT2D eigenvalue weighted by Crippen LogP contribution is 2.29. The second-order valence-corrected chi connectivity index (χ2v) is 7.34. The lowest BCUT2D eigenvalue weighted by Crippen LogP contribution is -2.58. The van der Waals surface area contributed by atoms with Gasteiger partial charge in [0.1, 0.15) is 36.3 Å². The average Bonchev–Trinajstić information content (AvgIpc) is 3.20. The van der Waals surface area contributed by atoms with Crippen LogP contribution >= 0.6 is 0 Å². The van der Waals surface area contributed by atoms with E-state index in [-0.39, 0.29) is 5.82 Å². The first kappa shape index (κ1) is 20.5. The van der Waals surface area contributed by atoms with Crippen molar-refractivity contribution in [3.05, 3.63) is 53.5 Å². The molecule has 5 atom stereocenters. The van der Waals surface area contributed by atoms with Crippen molar-refractivity contribution in [2.75, 3.05) is 6.61 Å². The summed E-state index contributed by atoms with van der Waals surface area (Å²) in [6.45, 7) is 1.30. The molecule has 1 fully saturated rings. The first-order valence-corrected chi connectivity index (χ1v) is 9.44. The van der Waals surface area contributed by atoms with Crippen molar-refractivity contribution in [3.63, 3.8) is 0 Å². The fourth-order valence-corrected chi connectivity index (χ4v) is 3.63. The lowest BCUT2D eigenvalue weighted by Gasteiger charge is -2.37. The molecule has 2 heterocycles. The molecule has 0 radical (unpaired) electrons. The summed E-state index contributed by atoms with van der Waals surface area (Å²) < 4.78 is 18.9. The molecule has 1 aliphatic rings. The highest BCUT2D eigenvalue weighted by molar-refractivity contribution is 5.89. The lowest BCUT2D eigenvalue weighted by atomic mass is 9.94. The van der Waals surface area contributed by atoms with Crippen LogP contribution in [0.25, 0.3) is 22.0 Å². The van der Waals surface area contributed by atoms with E-state index in [0.717, 1.165) is 22.1 Å². The largest absolute Gasteiger partial charge is 0.394 e. The number of ether oxygens (including phenoxy) is 1. The minimum atomic E-state index is -1.49. The van der Waals surface area contributed by atoms with Crippen molar-refractivity contribution in [3.8, 4) is 23.0 Å². The van der Waals surface area contributed by atoms with E-state index in [1.54, 1.807) is 12.3 Å². The summed E-state index contributed by atoms with van der Waals surface area (Å²) in [5, 5.41) is 47.1. The molecule has 7 nitrogen and oxygen atoms in total. The normalized spacial score (nSPS) is 26.4. The van der Waals surface area contributed by atoms with Gasteiger partial charge in [0.05, 0.1) is 23.9 Å². The summed E-state index contributed by atoms with van der Waals surface area (Å²) in [6.07, 6.45) is -4.84. The third kappa shape index (κ3) is 3.69. The Morgan fingerprint density at radius 3 is 2.67 bits per heavy atom. The second-order valence-electron chi connectivity index (χ2n) is 7.34. The molecule has 156 valence electrons. The van der Waals surface area contributed by atoms with Crippen molar-refractivity contribution >= 4 is 10.9 Å². The number of hydrogen-bond acceptors (Lipinski definition) is 6. The fraction of sp³-hybridized carbons (Fsp3) is 0.318. The van der Waals surface area contributed by atoms with Gasteiger partial charge in [0.2, 0.25) is 0 Å². The van der Waals surface area contributed by atoms with Crippen LogP contribution in [0.5, 0.6) is 0 Å². The van der Waals surface area contributed by atoms with Gasteiger partial charge in [-0.25, -0.2) is 4.39 Å². The average molecular weight is 412 g/mol. The first-order valence-electron chi connectivity index (χ1n) is 9.44. The summed E-state index contributed by atoms with van der Waals surface area (Å²) in [6, 6.07) is 8.27. The van der Waals surface area contributed by atoms with Crippen LogP contribution in [0.3, 0.4) is 0 Å². The van der Waals surface area contributed by atoms with Crippen molar-refractivity contribution in [2.24, 2.45) is 0 Å². The molecule has 1 saturated heterocycles. The SMILES string of the molecule is Cc1cc(F)ccc1-c1cc(C#C[C@H]2O[C@H](CO)[C@@H](O)[C@H](O)[C@@H]2O)c2[nH]ncc2c1. The smallest absolute Gasteiger partial charge is 0.147 e. The molecule has 30 heavy (non-hydrogen) atoms. The van der Waals surface area contributed by atoms with Crippen molar-refractivity contribution in [2.45, 2.75) is 37.4 Å². The molecule has 4 rings (SSSR count). The van der Waals surface area contributed by atoms with Gasteiger partial charge in [-0.3, -0.25) is 5.10 Å². The van der Waals surface area contributed by atoms with Crippen molar-refractivity contribution in [1.82, 2.24) is 10.2 Å². The van der Waals surface area contributed by atoms with E-state index in [4.69, 9.17) is 4.74 Å². The van der Waals surface area contributed by atoms with Gasteiger partial charge >= 0.3 is 0 Å². The Bertz CT molecular complexity index is 1130. The van der Waals surface area contributed by atoms with E-state index in [1.165, 1.54) is 12.1 Å². The minimum Gasteiger partial charge on any atom is -0.394 e. The highest BCUT2D eigenvalue weighted by Gasteiger charge is 2.42. The summed E-state index contributed by atoms with van der Waals surface area (Å²) in [7, 11) is 0. The number of nitrogens with one attached hydrogen (secondary N) is 1. The molecule has 3 aromatic rings. The zero-order valence-corrected chi connectivity index (χ0v) is 16.1. The number of aromatic amines is 1. The Balaban J connectivity index is 1.74. The Morgan fingerprint density at radius 2 is 1.93 bits per heavy atom. The van der Waals surface area contributed by atoms with E-state index in [2.05, 4.69) is 22.0 Å². The van der Waals surface area contributed by atoms with Crippen LogP contribution in [0.15, 0.2) is 36.5 Å². The quantitative estimate of drug-likeness (QED) is 0.399. The molecule has 0 unspecified atom stereocenters. The van der Waals surface area contributed by atoms with Crippen LogP contribution in [0, 0.1) is 24.6 Å². The van der Waals surface area contributed by atoms with Crippen LogP contribution in [0.2, 0.25) is 0 Å². The van der Waals surface area contributed by atoms with Crippen LogP contribution in [0.1, 0.15) is 11.1 Å². The maximum absolute atomic E-state index is 13.5. The molecule has 0 bridgehead atoms. The van der Waals surface area contributed by atoms with Gasteiger partial charge in [-0.05, 0) is 47.9 Å². The van der Waals surface area contributed by atoms with Crippen LogP contribution in [-0.4, -0.2) is 67.8 Å². The van der Waals surface area contributed by atoms with E-state index in [0.29, 0.717) is 11.1 Å². The third-order valence-corrected chi connectivity index (χ3v) is 5.29. The maximum Gasteiger partial charge on any atom is 0.147 e. The molecule has 0 amide bonds. The number of fused-ring (bicyclic) bond motifs is 1. The topological polar surface area (TPSA) is 119 Å². The molecule has 1 aliphatic heterocycles. The number of nitrogens with zero attached hydrogens (tertiary/aromatic N) is 1. The van der Waals surface area contributed by atoms with E-state index < -0.39 is 37.1 Å². The van der Waals surface area contributed by atoms with Crippen LogP contribution < -0.4 is 0 Å². The molecule has 0 spiro atoms. The molecule has 0 saturated carbocycles. The molecular formula is C22H21FN2O5. The summed E-state index contributed by atoms with van der Waals surface area (Å²) in [4.78, 5) is 0. The number of aryl methyl sites for hydroxylation is 1. The van der Waals surface area contributed by atoms with Crippen molar-refractivity contribution < 1.29 is 29.6 Å². The van der Waals surface area contributed by atoms with E-state index >= 15 is 0 Å². The second kappa shape index (κ2) is 8.14. The van der Waals surface area contributed by atoms with Gasteiger partial charge in [-0.1, -0.05) is 17.9 Å². The Morgan fingerprint density at radius 1 is 1.13 bits per heavy atom. The number of halogens is 1. The summed E-state index contributed by atoms with van der Waals surface area (Å²) in [5.74, 6) is 5.40. The maximum atomic E-state index is 13.5. The van der Waals surface area contributed by atoms with Gasteiger partial charge < -0.3 is 25.2 Å². The predicted octanol–water partition coefficient (Wildman–Crippen LogP) is 0.871. The minimum absolute atomic E-state index is 0.316. The van der Waals surface area contributed by atoms with Crippen LogP contribution in [-0.2, 0) is 4.74 Å². The lowest BCUT2D eigenvalue weighted by molar-refractivity contribution is -0.214. The van der Waals surface area contributed by atoms with Gasteiger partial charge in [-0.15, -0.1) is 0 Å². The van der Waals surface area contributed by atoms with Crippen molar-refractivity contribution in [1.29, 1.82) is 0 Å². The zero-order chi connectivity index (χ0) is 21.4. The van der Waals surface area contributed by atoms with Gasteiger partial charge in [-0.2, -0.15) is 5.10 Å².